The number of aromatic nitrogens is 1. The largest absolute Gasteiger partial charge is 0.307 e. The standard InChI is InChI=1S/C17H17BrClN3O3S/c18-13-5-7-16(20-11-13)21-17(23)12-4-6-14(19)15(10-12)26(24,25)22-8-2-1-3-9-22/h4-7,10-11H,1-3,8-9H2,(H,20,21,23). The number of halogens is 2. The van der Waals surface area contributed by atoms with Gasteiger partial charge in [0.25, 0.3) is 5.91 Å². The number of carbonyl (C=O) groups is 1. The van der Waals surface area contributed by atoms with E-state index < -0.39 is 15.9 Å². The van der Waals surface area contributed by atoms with E-state index in [4.69, 9.17) is 11.6 Å². The highest BCUT2D eigenvalue weighted by molar-refractivity contribution is 9.10. The smallest absolute Gasteiger partial charge is 0.256 e. The Kier molecular flexibility index (Phi) is 5.96. The summed E-state index contributed by atoms with van der Waals surface area (Å²) in [6, 6.07) is 7.63. The lowest BCUT2D eigenvalue weighted by Crippen LogP contribution is -2.35. The van der Waals surface area contributed by atoms with Gasteiger partial charge in [-0.25, -0.2) is 13.4 Å². The van der Waals surface area contributed by atoms with Crippen molar-refractivity contribution in [2.24, 2.45) is 0 Å². The maximum atomic E-state index is 12.9. The third-order valence-electron chi connectivity index (χ3n) is 4.10. The molecule has 1 aromatic carbocycles. The Hall–Kier alpha value is -1.48. The average Bonchev–Trinajstić information content (AvgIpc) is 2.64. The summed E-state index contributed by atoms with van der Waals surface area (Å²) in [5.74, 6) is -0.0832. The molecule has 1 N–H and O–H groups in total. The third kappa shape index (κ3) is 4.25. The number of hydrogen-bond acceptors (Lipinski definition) is 4. The first-order chi connectivity index (χ1) is 12.4. The van der Waals surface area contributed by atoms with Gasteiger partial charge in [-0.3, -0.25) is 4.79 Å². The molecule has 1 aliphatic rings. The van der Waals surface area contributed by atoms with Crippen LogP contribution in [0.4, 0.5) is 5.82 Å². The van der Waals surface area contributed by atoms with Crippen LogP contribution in [-0.4, -0.2) is 36.7 Å². The summed E-state index contributed by atoms with van der Waals surface area (Å²) in [6.07, 6.45) is 4.23. The highest BCUT2D eigenvalue weighted by Gasteiger charge is 2.28. The molecule has 26 heavy (non-hydrogen) atoms. The van der Waals surface area contributed by atoms with Gasteiger partial charge in [0, 0.05) is 29.3 Å². The summed E-state index contributed by atoms with van der Waals surface area (Å²) >= 11 is 9.40. The van der Waals surface area contributed by atoms with Crippen LogP contribution >= 0.6 is 27.5 Å². The number of nitrogens with zero attached hydrogens (tertiary/aromatic N) is 2. The fraction of sp³-hybridized carbons (Fsp3) is 0.294. The molecule has 9 heteroatoms. The second kappa shape index (κ2) is 8.04. The molecule has 1 saturated heterocycles. The first-order valence-electron chi connectivity index (χ1n) is 8.10. The summed E-state index contributed by atoms with van der Waals surface area (Å²) in [6.45, 7) is 0.940. The predicted molar refractivity (Wildman–Crippen MR) is 104 cm³/mol. The van der Waals surface area contributed by atoms with Crippen molar-refractivity contribution >= 4 is 49.3 Å². The lowest BCUT2D eigenvalue weighted by Gasteiger charge is -2.26. The van der Waals surface area contributed by atoms with Crippen LogP contribution in [0.25, 0.3) is 0 Å². The molecule has 0 spiro atoms. The molecule has 0 aliphatic carbocycles. The highest BCUT2D eigenvalue weighted by Crippen LogP contribution is 2.28. The van der Waals surface area contributed by atoms with Crippen LogP contribution in [0.1, 0.15) is 29.6 Å². The molecule has 138 valence electrons. The van der Waals surface area contributed by atoms with E-state index in [1.165, 1.54) is 22.5 Å². The zero-order chi connectivity index (χ0) is 18.7. The Morgan fingerprint density at radius 1 is 1.15 bits per heavy atom. The van der Waals surface area contributed by atoms with Gasteiger partial charge in [-0.2, -0.15) is 4.31 Å². The Morgan fingerprint density at radius 3 is 2.54 bits per heavy atom. The number of nitrogens with one attached hydrogen (secondary N) is 1. The molecule has 6 nitrogen and oxygen atoms in total. The first kappa shape index (κ1) is 19.3. The van der Waals surface area contributed by atoms with Crippen LogP contribution in [0.3, 0.4) is 0 Å². The zero-order valence-electron chi connectivity index (χ0n) is 13.8. The van der Waals surface area contributed by atoms with Gasteiger partial charge in [0.05, 0.1) is 5.02 Å². The predicted octanol–water partition coefficient (Wildman–Crippen LogP) is 3.92. The molecule has 0 radical (unpaired) electrons. The molecular weight excluding hydrogens is 442 g/mol. The Balaban J connectivity index is 1.87. The average molecular weight is 459 g/mol. The van der Waals surface area contributed by atoms with E-state index in [1.807, 2.05) is 0 Å². The zero-order valence-corrected chi connectivity index (χ0v) is 16.9. The van der Waals surface area contributed by atoms with E-state index in [0.717, 1.165) is 23.7 Å². The molecule has 1 fully saturated rings. The van der Waals surface area contributed by atoms with E-state index in [2.05, 4.69) is 26.2 Å². The van der Waals surface area contributed by atoms with Crippen LogP contribution in [0.5, 0.6) is 0 Å². The lowest BCUT2D eigenvalue weighted by molar-refractivity contribution is 0.102. The molecule has 2 aromatic rings. The number of rotatable bonds is 4. The van der Waals surface area contributed by atoms with Crippen molar-refractivity contribution in [3.8, 4) is 0 Å². The van der Waals surface area contributed by atoms with Crippen molar-refractivity contribution < 1.29 is 13.2 Å². The fourth-order valence-electron chi connectivity index (χ4n) is 2.72. The summed E-state index contributed by atoms with van der Waals surface area (Å²) in [5.41, 5.74) is 0.203. The molecular formula is C17H17BrClN3O3S. The molecule has 0 unspecified atom stereocenters. The Morgan fingerprint density at radius 2 is 1.88 bits per heavy atom. The minimum absolute atomic E-state index is 0.0440. The molecule has 1 aromatic heterocycles. The summed E-state index contributed by atoms with van der Waals surface area (Å²) in [4.78, 5) is 16.5. The fourth-order valence-corrected chi connectivity index (χ4v) is 4.98. The van der Waals surface area contributed by atoms with Crippen molar-refractivity contribution in [3.63, 3.8) is 0 Å². The van der Waals surface area contributed by atoms with Gasteiger partial charge in [-0.15, -0.1) is 0 Å². The van der Waals surface area contributed by atoms with Gasteiger partial charge < -0.3 is 5.32 Å². The maximum absolute atomic E-state index is 12.9. The van der Waals surface area contributed by atoms with E-state index in [9.17, 15) is 13.2 Å². The molecule has 1 amide bonds. The number of anilines is 1. The molecule has 0 atom stereocenters. The van der Waals surface area contributed by atoms with Gasteiger partial charge in [0.15, 0.2) is 0 Å². The summed E-state index contributed by atoms with van der Waals surface area (Å²) < 4.78 is 28.0. The van der Waals surface area contributed by atoms with Gasteiger partial charge in [0.1, 0.15) is 10.7 Å². The van der Waals surface area contributed by atoms with E-state index in [-0.39, 0.29) is 15.5 Å². The topological polar surface area (TPSA) is 79.4 Å². The van der Waals surface area contributed by atoms with Gasteiger partial charge in [-0.05, 0) is 59.1 Å². The number of amides is 1. The van der Waals surface area contributed by atoms with Crippen molar-refractivity contribution in [1.29, 1.82) is 0 Å². The van der Waals surface area contributed by atoms with Crippen molar-refractivity contribution in [3.05, 3.63) is 51.6 Å². The van der Waals surface area contributed by atoms with E-state index >= 15 is 0 Å². The van der Waals surface area contributed by atoms with Gasteiger partial charge in [-0.1, -0.05) is 18.0 Å². The number of pyridine rings is 1. The highest BCUT2D eigenvalue weighted by atomic mass is 79.9. The van der Waals surface area contributed by atoms with Crippen LogP contribution in [0.2, 0.25) is 5.02 Å². The molecule has 2 heterocycles. The summed E-state index contributed by atoms with van der Waals surface area (Å²) in [5, 5.41) is 2.75. The van der Waals surface area contributed by atoms with Gasteiger partial charge >= 0.3 is 0 Å². The van der Waals surface area contributed by atoms with Crippen LogP contribution in [0.15, 0.2) is 45.9 Å². The number of hydrogen-bond donors (Lipinski definition) is 1. The van der Waals surface area contributed by atoms with E-state index in [0.29, 0.717) is 18.9 Å². The van der Waals surface area contributed by atoms with Crippen molar-refractivity contribution in [2.75, 3.05) is 18.4 Å². The van der Waals surface area contributed by atoms with E-state index in [1.54, 1.807) is 18.3 Å². The molecule has 1 aliphatic heterocycles. The lowest BCUT2D eigenvalue weighted by atomic mass is 10.2. The third-order valence-corrected chi connectivity index (χ3v) is 6.94. The van der Waals surface area contributed by atoms with Crippen molar-refractivity contribution in [2.45, 2.75) is 24.2 Å². The number of carbonyl (C=O) groups excluding carboxylic acids is 1. The normalized spacial score (nSPS) is 15.6. The van der Waals surface area contributed by atoms with Crippen molar-refractivity contribution in [1.82, 2.24) is 9.29 Å². The minimum atomic E-state index is -3.73. The minimum Gasteiger partial charge on any atom is -0.307 e. The molecule has 0 bridgehead atoms. The number of piperidine rings is 1. The quantitative estimate of drug-likeness (QED) is 0.753. The molecule has 3 rings (SSSR count). The monoisotopic (exact) mass is 457 g/mol. The second-order valence-electron chi connectivity index (χ2n) is 5.93. The molecule has 0 saturated carbocycles. The van der Waals surface area contributed by atoms with Crippen LogP contribution in [-0.2, 0) is 10.0 Å². The Bertz CT molecular complexity index is 913. The Labute approximate surface area is 165 Å². The van der Waals surface area contributed by atoms with Crippen LogP contribution < -0.4 is 5.32 Å². The number of benzene rings is 1. The SMILES string of the molecule is O=C(Nc1ccc(Br)cn1)c1ccc(Cl)c(S(=O)(=O)N2CCCCC2)c1. The summed E-state index contributed by atoms with van der Waals surface area (Å²) in [7, 11) is -3.73. The first-order valence-corrected chi connectivity index (χ1v) is 10.7. The second-order valence-corrected chi connectivity index (χ2v) is 9.15. The van der Waals surface area contributed by atoms with Crippen LogP contribution in [0, 0.1) is 0 Å². The van der Waals surface area contributed by atoms with Gasteiger partial charge in [0.2, 0.25) is 10.0 Å². The number of sulfonamides is 1. The maximum Gasteiger partial charge on any atom is 0.256 e.